The smallest absolute Gasteiger partial charge is 0.117 e. The highest BCUT2D eigenvalue weighted by atomic mass is 79.9. The van der Waals surface area contributed by atoms with Crippen LogP contribution in [0, 0.1) is 6.92 Å². The van der Waals surface area contributed by atoms with E-state index in [0.717, 1.165) is 6.16 Å². The summed E-state index contributed by atoms with van der Waals surface area (Å²) in [5, 5.41) is 4.25. The first kappa shape index (κ1) is 22.7. The minimum absolute atomic E-state index is 0. The number of halogens is 3. The average molecular weight is 567 g/mol. The molecule has 0 unspecified atom stereocenters. The summed E-state index contributed by atoms with van der Waals surface area (Å²) in [6.45, 7) is 2.18. The Kier molecular flexibility index (Phi) is 7.75. The number of aryl methyl sites for hydroxylation is 1. The van der Waals surface area contributed by atoms with E-state index in [2.05, 4.69) is 130 Å². The fourth-order valence-electron chi connectivity index (χ4n) is 3.64. The summed E-state index contributed by atoms with van der Waals surface area (Å²) >= 11 is 9.49. The lowest BCUT2D eigenvalue weighted by molar-refractivity contribution is -0.00000517. The van der Waals surface area contributed by atoms with Crippen molar-refractivity contribution < 1.29 is 12.4 Å². The lowest BCUT2D eigenvalue weighted by Gasteiger charge is -2.27. The van der Waals surface area contributed by atoms with Gasteiger partial charge in [-0.1, -0.05) is 54.6 Å². The van der Waals surface area contributed by atoms with Crippen molar-refractivity contribution in [2.24, 2.45) is 0 Å². The molecule has 5 heteroatoms. The van der Waals surface area contributed by atoms with Gasteiger partial charge in [0, 0.05) is 13.8 Å². The maximum Gasteiger partial charge on any atom is 0.117 e. The van der Waals surface area contributed by atoms with Crippen molar-refractivity contribution in [1.82, 2.24) is 0 Å². The Morgan fingerprint density at radius 3 is 1.34 bits per heavy atom. The predicted octanol–water partition coefficient (Wildman–Crippen LogP) is 4.08. The van der Waals surface area contributed by atoms with E-state index in [1.807, 2.05) is 11.3 Å². The lowest BCUT2D eigenvalue weighted by Crippen LogP contribution is -3.00. The Labute approximate surface area is 200 Å². The number of thiophene rings is 1. The van der Waals surface area contributed by atoms with Gasteiger partial charge in [0.2, 0.25) is 0 Å². The van der Waals surface area contributed by atoms with Crippen molar-refractivity contribution in [3.8, 4) is 0 Å². The topological polar surface area (TPSA) is 0 Å². The minimum atomic E-state index is -1.85. The zero-order valence-corrected chi connectivity index (χ0v) is 21.5. The zero-order chi connectivity index (χ0) is 19.6. The number of rotatable bonds is 5. The normalized spacial score (nSPS) is 11.1. The Morgan fingerprint density at radius 1 is 0.655 bits per heavy atom. The first-order valence-corrected chi connectivity index (χ1v) is 13.5. The molecule has 1 heterocycles. The highest BCUT2D eigenvalue weighted by Gasteiger charge is 2.46. The molecule has 0 N–H and O–H groups in total. The van der Waals surface area contributed by atoms with Gasteiger partial charge in [-0.2, -0.15) is 0 Å². The van der Waals surface area contributed by atoms with Crippen LogP contribution in [-0.2, 0) is 6.16 Å². The molecule has 1 aromatic heterocycles. The monoisotopic (exact) mass is 564 g/mol. The standard InChI is InChI=1S/C24H20Br2PS.ClH/c1-18-23(25)24(26)22(28-18)17-27(19-11-5-2-6-12-19,20-13-7-3-8-14-20)21-15-9-4-10-16-21;/h2-16H,17H2,1H3;1H/q+1;/p-1. The highest BCUT2D eigenvalue weighted by molar-refractivity contribution is 9.13. The van der Waals surface area contributed by atoms with Crippen molar-refractivity contribution >= 4 is 66.4 Å². The Morgan fingerprint density at radius 2 is 1.03 bits per heavy atom. The van der Waals surface area contributed by atoms with E-state index < -0.39 is 7.26 Å². The van der Waals surface area contributed by atoms with E-state index in [9.17, 15) is 0 Å². The van der Waals surface area contributed by atoms with E-state index in [4.69, 9.17) is 0 Å². The fraction of sp³-hybridized carbons (Fsp3) is 0.0833. The molecule has 29 heavy (non-hydrogen) atoms. The Balaban J connectivity index is 0.00000240. The summed E-state index contributed by atoms with van der Waals surface area (Å²) in [4.78, 5) is 2.71. The van der Waals surface area contributed by atoms with E-state index in [0.29, 0.717) is 0 Å². The lowest BCUT2D eigenvalue weighted by atomic mass is 10.4. The van der Waals surface area contributed by atoms with Crippen LogP contribution in [0.3, 0.4) is 0 Å². The molecule has 0 spiro atoms. The molecule has 4 rings (SSSR count). The zero-order valence-electron chi connectivity index (χ0n) is 15.9. The van der Waals surface area contributed by atoms with Crippen molar-refractivity contribution in [1.29, 1.82) is 0 Å². The van der Waals surface area contributed by atoms with Gasteiger partial charge in [-0.15, -0.1) is 11.3 Å². The predicted molar refractivity (Wildman–Crippen MR) is 133 cm³/mol. The van der Waals surface area contributed by atoms with Gasteiger partial charge in [0.15, 0.2) is 0 Å². The summed E-state index contributed by atoms with van der Waals surface area (Å²) in [7, 11) is -1.85. The third kappa shape index (κ3) is 4.40. The van der Waals surface area contributed by atoms with Crippen molar-refractivity contribution in [2.75, 3.05) is 0 Å². The van der Waals surface area contributed by atoms with Crippen LogP contribution in [0.1, 0.15) is 9.75 Å². The molecule has 148 valence electrons. The SMILES string of the molecule is Cc1sc(C[P+](c2ccccc2)(c2ccccc2)c2ccccc2)c(Br)c1Br.[Cl-]. The largest absolute Gasteiger partial charge is 1.00 e. The summed E-state index contributed by atoms with van der Waals surface area (Å²) in [6.07, 6.45) is 1.00. The quantitative estimate of drug-likeness (QED) is 0.320. The van der Waals surface area contributed by atoms with E-state index >= 15 is 0 Å². The first-order chi connectivity index (χ1) is 13.6. The van der Waals surface area contributed by atoms with Gasteiger partial charge in [0.05, 0.1) is 4.88 Å². The average Bonchev–Trinajstić information content (AvgIpc) is 3.00. The molecule has 0 aliphatic carbocycles. The molecule has 0 nitrogen and oxygen atoms in total. The third-order valence-corrected chi connectivity index (χ3v) is 13.6. The maximum absolute atomic E-state index is 3.85. The molecule has 3 aromatic carbocycles. The van der Waals surface area contributed by atoms with Crippen LogP contribution in [0.2, 0.25) is 0 Å². The van der Waals surface area contributed by atoms with Crippen molar-refractivity contribution in [3.05, 3.63) is 110 Å². The molecule has 0 saturated carbocycles. The van der Waals surface area contributed by atoms with Crippen LogP contribution >= 0.6 is 50.5 Å². The van der Waals surface area contributed by atoms with E-state index in [1.165, 1.54) is 34.6 Å². The minimum Gasteiger partial charge on any atom is -1.00 e. The van der Waals surface area contributed by atoms with Crippen LogP contribution in [0.5, 0.6) is 0 Å². The molecule has 0 aliphatic rings. The van der Waals surface area contributed by atoms with Crippen LogP contribution in [-0.4, -0.2) is 0 Å². The summed E-state index contributed by atoms with van der Waals surface area (Å²) in [5.74, 6) is 0. The number of benzene rings is 3. The van der Waals surface area contributed by atoms with Crippen LogP contribution in [0.15, 0.2) is 99.9 Å². The van der Waals surface area contributed by atoms with Crippen LogP contribution in [0.25, 0.3) is 0 Å². The third-order valence-electron chi connectivity index (χ3n) is 4.99. The molecule has 0 atom stereocenters. The second kappa shape index (κ2) is 9.90. The summed E-state index contributed by atoms with van der Waals surface area (Å²) < 4.78 is 2.38. The van der Waals surface area contributed by atoms with Gasteiger partial charge in [0.1, 0.15) is 29.3 Å². The second-order valence-corrected chi connectivity index (χ2v) is 13.1. The van der Waals surface area contributed by atoms with Gasteiger partial charge < -0.3 is 12.4 Å². The summed E-state index contributed by atoms with van der Waals surface area (Å²) in [5.41, 5.74) is 0. The number of hydrogen-bond donors (Lipinski definition) is 0. The molecule has 0 amide bonds. The van der Waals surface area contributed by atoms with Gasteiger partial charge in [0.25, 0.3) is 0 Å². The van der Waals surface area contributed by atoms with Crippen molar-refractivity contribution in [2.45, 2.75) is 13.1 Å². The Hall–Kier alpha value is -0.960. The molecule has 0 radical (unpaired) electrons. The van der Waals surface area contributed by atoms with Crippen molar-refractivity contribution in [3.63, 3.8) is 0 Å². The number of hydrogen-bond acceptors (Lipinski definition) is 1. The van der Waals surface area contributed by atoms with Crippen LogP contribution < -0.4 is 28.3 Å². The molecular formula is C24H20Br2ClPS. The van der Waals surface area contributed by atoms with Gasteiger partial charge in [-0.3, -0.25) is 0 Å². The fourth-order valence-corrected chi connectivity index (χ4v) is 10.9. The van der Waals surface area contributed by atoms with E-state index in [-0.39, 0.29) is 12.4 Å². The van der Waals surface area contributed by atoms with Crippen LogP contribution in [0.4, 0.5) is 0 Å². The van der Waals surface area contributed by atoms with Gasteiger partial charge in [-0.25, -0.2) is 0 Å². The van der Waals surface area contributed by atoms with E-state index in [1.54, 1.807) is 0 Å². The molecule has 0 fully saturated rings. The molecule has 0 aliphatic heterocycles. The second-order valence-electron chi connectivity index (χ2n) is 6.68. The molecular weight excluding hydrogens is 547 g/mol. The summed E-state index contributed by atoms with van der Waals surface area (Å²) in [6, 6.07) is 33.1. The highest BCUT2D eigenvalue weighted by Crippen LogP contribution is 2.60. The Bertz CT molecular complexity index is 970. The molecule has 0 saturated heterocycles. The van der Waals surface area contributed by atoms with Gasteiger partial charge in [-0.05, 0) is 75.2 Å². The maximum atomic E-state index is 3.85. The van der Waals surface area contributed by atoms with Gasteiger partial charge >= 0.3 is 0 Å². The molecule has 4 aromatic rings. The molecule has 0 bridgehead atoms. The first-order valence-electron chi connectivity index (χ1n) is 9.11.